The maximum atomic E-state index is 5.56. The van der Waals surface area contributed by atoms with E-state index in [1.807, 2.05) is 0 Å². The van der Waals surface area contributed by atoms with Crippen LogP contribution in [0, 0.1) is 0 Å². The summed E-state index contributed by atoms with van der Waals surface area (Å²) in [5.41, 5.74) is 0. The summed E-state index contributed by atoms with van der Waals surface area (Å²) in [7, 11) is 0. The van der Waals surface area contributed by atoms with Crippen molar-refractivity contribution in [3.63, 3.8) is 0 Å². The third kappa shape index (κ3) is 1.64. The molecule has 5 heteroatoms. The Morgan fingerprint density at radius 2 is 2.33 bits per heavy atom. The summed E-state index contributed by atoms with van der Waals surface area (Å²) in [5.74, 6) is 0.722. The molecule has 0 atom stereocenters. The summed E-state index contributed by atoms with van der Waals surface area (Å²) in [6.07, 6.45) is 5.30. The fourth-order valence-electron chi connectivity index (χ4n) is 1.11. The van der Waals surface area contributed by atoms with Gasteiger partial charge >= 0.3 is 0 Å². The molecule has 0 bridgehead atoms. The van der Waals surface area contributed by atoms with E-state index in [0.29, 0.717) is 6.04 Å². The van der Waals surface area contributed by atoms with Crippen LogP contribution in [0.25, 0.3) is 0 Å². The highest BCUT2D eigenvalue weighted by Gasteiger charge is 2.17. The number of hydrogen-bond donors (Lipinski definition) is 1. The number of anilines is 1. The van der Waals surface area contributed by atoms with Crippen LogP contribution in [0.5, 0.6) is 0 Å². The summed E-state index contributed by atoms with van der Waals surface area (Å²) < 4.78 is 0. The van der Waals surface area contributed by atoms with E-state index in [9.17, 15) is 0 Å². The van der Waals surface area contributed by atoms with Crippen LogP contribution in [0.1, 0.15) is 19.3 Å². The molecule has 1 fully saturated rings. The molecule has 0 spiro atoms. The van der Waals surface area contributed by atoms with Crippen LogP contribution >= 0.6 is 11.6 Å². The molecule has 2 rings (SSSR count). The second-order valence-corrected chi connectivity index (χ2v) is 3.22. The Bertz CT molecular complexity index is 274. The minimum atomic E-state index is 0.194. The summed E-state index contributed by atoms with van der Waals surface area (Å²) in [4.78, 5) is 3.98. The highest BCUT2D eigenvalue weighted by molar-refractivity contribution is 6.28. The van der Waals surface area contributed by atoms with Crippen LogP contribution in [-0.2, 0) is 0 Å². The second-order valence-electron chi connectivity index (χ2n) is 2.88. The van der Waals surface area contributed by atoms with Crippen molar-refractivity contribution in [2.75, 3.05) is 5.32 Å². The van der Waals surface area contributed by atoms with Gasteiger partial charge in [-0.15, -0.1) is 5.10 Å². The fourth-order valence-corrected chi connectivity index (χ4v) is 1.25. The highest BCUT2D eigenvalue weighted by atomic mass is 35.5. The first-order chi connectivity index (χ1) is 5.84. The third-order valence-electron chi connectivity index (χ3n) is 1.99. The molecule has 0 unspecified atom stereocenters. The van der Waals surface area contributed by atoms with Gasteiger partial charge in [0.25, 0.3) is 0 Å². The molecule has 1 aliphatic rings. The molecule has 0 aromatic carbocycles. The van der Waals surface area contributed by atoms with Crippen molar-refractivity contribution < 1.29 is 0 Å². The van der Waals surface area contributed by atoms with Gasteiger partial charge in [-0.1, -0.05) is 0 Å². The van der Waals surface area contributed by atoms with E-state index in [1.54, 1.807) is 6.20 Å². The average molecular weight is 185 g/mol. The molecule has 0 aliphatic heterocycles. The van der Waals surface area contributed by atoms with Gasteiger partial charge in [0.1, 0.15) is 5.82 Å². The Morgan fingerprint density at radius 1 is 1.50 bits per heavy atom. The molecule has 12 heavy (non-hydrogen) atoms. The summed E-state index contributed by atoms with van der Waals surface area (Å²) >= 11 is 5.56. The van der Waals surface area contributed by atoms with E-state index in [1.165, 1.54) is 19.3 Å². The van der Waals surface area contributed by atoms with Gasteiger partial charge in [0, 0.05) is 6.04 Å². The van der Waals surface area contributed by atoms with Crippen LogP contribution in [0.4, 0.5) is 5.82 Å². The van der Waals surface area contributed by atoms with Gasteiger partial charge < -0.3 is 5.32 Å². The van der Waals surface area contributed by atoms with E-state index in [-0.39, 0.29) is 5.28 Å². The topological polar surface area (TPSA) is 50.7 Å². The van der Waals surface area contributed by atoms with Crippen LogP contribution in [0.15, 0.2) is 6.20 Å². The fraction of sp³-hybridized carbons (Fsp3) is 0.571. The molecule has 0 amide bonds. The molecule has 4 nitrogen and oxygen atoms in total. The summed E-state index contributed by atoms with van der Waals surface area (Å²) in [5, 5.41) is 10.7. The van der Waals surface area contributed by atoms with Crippen molar-refractivity contribution in [3.05, 3.63) is 11.5 Å². The normalized spacial score (nSPS) is 17.1. The van der Waals surface area contributed by atoms with Crippen molar-refractivity contribution in [3.8, 4) is 0 Å². The molecular weight excluding hydrogens is 176 g/mol. The summed E-state index contributed by atoms with van der Waals surface area (Å²) in [6, 6.07) is 0.553. The SMILES string of the molecule is Clc1nncc(NC2CCC2)n1. The zero-order valence-corrected chi connectivity index (χ0v) is 7.25. The van der Waals surface area contributed by atoms with E-state index in [4.69, 9.17) is 11.6 Å². The minimum Gasteiger partial charge on any atom is -0.366 e. The van der Waals surface area contributed by atoms with E-state index in [0.717, 1.165) is 5.82 Å². The van der Waals surface area contributed by atoms with E-state index in [2.05, 4.69) is 20.5 Å². The standard InChI is InChI=1S/C7H9ClN4/c8-7-11-6(4-9-12-7)10-5-2-1-3-5/h4-5H,1-3H2,(H,10,11,12). The lowest BCUT2D eigenvalue weighted by Crippen LogP contribution is -2.27. The van der Waals surface area contributed by atoms with Crippen LogP contribution in [0.2, 0.25) is 5.28 Å². The van der Waals surface area contributed by atoms with Gasteiger partial charge in [-0.05, 0) is 30.9 Å². The van der Waals surface area contributed by atoms with Gasteiger partial charge in [-0.2, -0.15) is 10.1 Å². The Hall–Kier alpha value is -0.900. The molecule has 1 N–H and O–H groups in total. The largest absolute Gasteiger partial charge is 0.366 e. The lowest BCUT2D eigenvalue weighted by atomic mass is 9.93. The lowest BCUT2D eigenvalue weighted by molar-refractivity contribution is 0.444. The molecule has 1 aromatic heterocycles. The second kappa shape index (κ2) is 3.23. The molecule has 0 radical (unpaired) electrons. The first-order valence-corrected chi connectivity index (χ1v) is 4.34. The Kier molecular flexibility index (Phi) is 2.08. The Morgan fingerprint density at radius 3 is 2.92 bits per heavy atom. The van der Waals surface area contributed by atoms with Crippen LogP contribution in [-0.4, -0.2) is 21.2 Å². The zero-order valence-electron chi connectivity index (χ0n) is 6.50. The number of nitrogens with one attached hydrogen (secondary N) is 1. The van der Waals surface area contributed by atoms with Crippen molar-refractivity contribution in [2.24, 2.45) is 0 Å². The number of rotatable bonds is 2. The quantitative estimate of drug-likeness (QED) is 0.757. The Labute approximate surface area is 75.4 Å². The average Bonchev–Trinajstić information content (AvgIpc) is 1.97. The van der Waals surface area contributed by atoms with Gasteiger partial charge in [-0.25, -0.2) is 0 Å². The van der Waals surface area contributed by atoms with Crippen LogP contribution in [0.3, 0.4) is 0 Å². The highest BCUT2D eigenvalue weighted by Crippen LogP contribution is 2.21. The van der Waals surface area contributed by atoms with Crippen LogP contribution < -0.4 is 5.32 Å². The lowest BCUT2D eigenvalue weighted by Gasteiger charge is -2.26. The van der Waals surface area contributed by atoms with Gasteiger partial charge in [0.05, 0.1) is 6.20 Å². The van der Waals surface area contributed by atoms with Crippen molar-refractivity contribution >= 4 is 17.4 Å². The monoisotopic (exact) mass is 184 g/mol. The summed E-state index contributed by atoms with van der Waals surface area (Å²) in [6.45, 7) is 0. The smallest absolute Gasteiger partial charge is 0.244 e. The first kappa shape index (κ1) is 7.73. The van der Waals surface area contributed by atoms with Crippen molar-refractivity contribution in [1.82, 2.24) is 15.2 Å². The first-order valence-electron chi connectivity index (χ1n) is 3.96. The molecule has 1 heterocycles. The van der Waals surface area contributed by atoms with Gasteiger partial charge in [0.2, 0.25) is 5.28 Å². The maximum absolute atomic E-state index is 5.56. The molecule has 0 saturated heterocycles. The maximum Gasteiger partial charge on any atom is 0.244 e. The number of nitrogens with zero attached hydrogens (tertiary/aromatic N) is 3. The molecule has 1 aromatic rings. The minimum absolute atomic E-state index is 0.194. The molecule has 1 saturated carbocycles. The predicted octanol–water partition coefficient (Wildman–Crippen LogP) is 1.49. The van der Waals surface area contributed by atoms with Gasteiger partial charge in [0.15, 0.2) is 0 Å². The van der Waals surface area contributed by atoms with Gasteiger partial charge in [-0.3, -0.25) is 0 Å². The predicted molar refractivity (Wildman–Crippen MR) is 46.1 cm³/mol. The van der Waals surface area contributed by atoms with E-state index >= 15 is 0 Å². The Balaban J connectivity index is 2.02. The molecule has 64 valence electrons. The third-order valence-corrected chi connectivity index (χ3v) is 2.15. The number of halogens is 1. The zero-order chi connectivity index (χ0) is 8.39. The van der Waals surface area contributed by atoms with E-state index < -0.39 is 0 Å². The molecular formula is C7H9ClN4. The van der Waals surface area contributed by atoms with Crippen molar-refractivity contribution in [1.29, 1.82) is 0 Å². The molecule has 1 aliphatic carbocycles. The van der Waals surface area contributed by atoms with Crippen molar-refractivity contribution in [2.45, 2.75) is 25.3 Å². The number of hydrogen-bond acceptors (Lipinski definition) is 4. The number of aromatic nitrogens is 3.